The highest BCUT2D eigenvalue weighted by Gasteiger charge is 2.10. The van der Waals surface area contributed by atoms with E-state index < -0.39 is 5.97 Å². The molecule has 0 radical (unpaired) electrons. The molecular weight excluding hydrogens is 388 g/mol. The number of nitrogens with one attached hydrogen (secondary N) is 1. The maximum atomic E-state index is 11.1. The monoisotopic (exact) mass is 406 g/mol. The lowest BCUT2D eigenvalue weighted by molar-refractivity contribution is 0.0697. The maximum absolute atomic E-state index is 11.1. The normalized spacial score (nSPS) is 10.8. The molecule has 1 heterocycles. The Labute approximate surface area is 171 Å². The van der Waals surface area contributed by atoms with E-state index in [4.69, 9.17) is 14.6 Å². The number of ether oxygens (including phenoxy) is 2. The average molecular weight is 406 g/mol. The van der Waals surface area contributed by atoms with Crippen molar-refractivity contribution in [3.8, 4) is 22.9 Å². The Bertz CT molecular complexity index is 1190. The molecule has 3 aromatic carbocycles. The van der Waals surface area contributed by atoms with Crippen LogP contribution in [0.25, 0.3) is 22.4 Å². The predicted octanol–water partition coefficient (Wildman–Crippen LogP) is 5.10. The fraction of sp³-hybridized carbons (Fsp3) is 0.0909. The fourth-order valence-electron chi connectivity index (χ4n) is 2.97. The van der Waals surface area contributed by atoms with Gasteiger partial charge in [0.15, 0.2) is 11.5 Å². The van der Waals surface area contributed by atoms with Gasteiger partial charge in [-0.2, -0.15) is 0 Å². The van der Waals surface area contributed by atoms with Gasteiger partial charge < -0.3 is 19.6 Å². The third-order valence-electron chi connectivity index (χ3n) is 4.45. The Morgan fingerprint density at radius 1 is 0.931 bits per heavy atom. The highest BCUT2D eigenvalue weighted by molar-refractivity contribution is 7.99. The molecule has 0 saturated carbocycles. The summed E-state index contributed by atoms with van der Waals surface area (Å²) in [5, 5.41) is 9.13. The lowest BCUT2D eigenvalue weighted by atomic mass is 10.2. The zero-order valence-corrected chi connectivity index (χ0v) is 16.6. The Morgan fingerprint density at radius 3 is 2.34 bits per heavy atom. The number of carbonyl (C=O) groups is 1. The van der Waals surface area contributed by atoms with Crippen LogP contribution in [0.4, 0.5) is 0 Å². The first-order chi connectivity index (χ1) is 14.1. The van der Waals surface area contributed by atoms with Crippen LogP contribution in [-0.2, 0) is 0 Å². The molecule has 0 fully saturated rings. The van der Waals surface area contributed by atoms with Crippen molar-refractivity contribution in [2.75, 3.05) is 14.2 Å². The molecule has 29 heavy (non-hydrogen) atoms. The van der Waals surface area contributed by atoms with Gasteiger partial charge in [0, 0.05) is 15.4 Å². The van der Waals surface area contributed by atoms with E-state index in [-0.39, 0.29) is 5.56 Å². The van der Waals surface area contributed by atoms with Gasteiger partial charge in [0.2, 0.25) is 0 Å². The number of rotatable bonds is 6. The first kappa shape index (κ1) is 18.9. The van der Waals surface area contributed by atoms with E-state index in [2.05, 4.69) is 9.97 Å². The number of hydrogen-bond acceptors (Lipinski definition) is 5. The number of methoxy groups -OCH3 is 2. The number of imidazole rings is 1. The van der Waals surface area contributed by atoms with Crippen LogP contribution in [0.2, 0.25) is 0 Å². The number of carboxylic acids is 1. The number of H-pyrrole nitrogens is 1. The van der Waals surface area contributed by atoms with Crippen LogP contribution >= 0.6 is 11.8 Å². The van der Waals surface area contributed by atoms with Gasteiger partial charge >= 0.3 is 5.97 Å². The van der Waals surface area contributed by atoms with Gasteiger partial charge in [0.1, 0.15) is 5.82 Å². The highest BCUT2D eigenvalue weighted by atomic mass is 32.2. The molecule has 0 aliphatic heterocycles. The molecule has 4 rings (SSSR count). The van der Waals surface area contributed by atoms with Gasteiger partial charge in [-0.25, -0.2) is 9.78 Å². The second-order valence-electron chi connectivity index (χ2n) is 6.27. The molecule has 0 spiro atoms. The number of fused-ring (bicyclic) bond motifs is 1. The van der Waals surface area contributed by atoms with Crippen molar-refractivity contribution in [1.82, 2.24) is 9.97 Å². The summed E-state index contributed by atoms with van der Waals surface area (Å²) in [5.74, 6) is 1.12. The Morgan fingerprint density at radius 2 is 1.66 bits per heavy atom. The van der Waals surface area contributed by atoms with Gasteiger partial charge in [-0.15, -0.1) is 0 Å². The molecule has 6 nitrogen and oxygen atoms in total. The Kier molecular flexibility index (Phi) is 5.14. The van der Waals surface area contributed by atoms with Crippen LogP contribution < -0.4 is 9.47 Å². The highest BCUT2D eigenvalue weighted by Crippen LogP contribution is 2.35. The Hall–Kier alpha value is -3.45. The molecule has 146 valence electrons. The van der Waals surface area contributed by atoms with Crippen molar-refractivity contribution >= 4 is 28.8 Å². The molecule has 0 bridgehead atoms. The minimum Gasteiger partial charge on any atom is -0.493 e. The van der Waals surface area contributed by atoms with E-state index in [0.717, 1.165) is 20.9 Å². The zero-order chi connectivity index (χ0) is 20.4. The minimum absolute atomic E-state index is 0.220. The number of aromatic amines is 1. The minimum atomic E-state index is -0.965. The van der Waals surface area contributed by atoms with Crippen LogP contribution in [0, 0.1) is 0 Å². The SMILES string of the molecule is COc1ccc(Sc2ccc(-c3nc4cc(C(=O)O)ccc4[nH]3)cc2)cc1OC. The number of nitrogens with zero attached hydrogens (tertiary/aromatic N) is 1. The second-order valence-corrected chi connectivity index (χ2v) is 7.41. The van der Waals surface area contributed by atoms with Crippen molar-refractivity contribution < 1.29 is 19.4 Å². The second kappa shape index (κ2) is 7.89. The summed E-state index contributed by atoms with van der Waals surface area (Å²) in [4.78, 5) is 21.0. The summed E-state index contributed by atoms with van der Waals surface area (Å²) in [5.41, 5.74) is 2.57. The molecule has 2 N–H and O–H groups in total. The Balaban J connectivity index is 1.56. The van der Waals surface area contributed by atoms with Crippen molar-refractivity contribution in [3.05, 3.63) is 66.2 Å². The van der Waals surface area contributed by atoms with Crippen molar-refractivity contribution in [2.45, 2.75) is 9.79 Å². The molecule has 0 unspecified atom stereocenters. The molecule has 4 aromatic rings. The number of aromatic carboxylic acids is 1. The number of benzene rings is 3. The van der Waals surface area contributed by atoms with Gasteiger partial charge in [0.25, 0.3) is 0 Å². The summed E-state index contributed by atoms with van der Waals surface area (Å²) in [6, 6.07) is 18.7. The molecule has 7 heteroatoms. The van der Waals surface area contributed by atoms with Gasteiger partial charge in [0.05, 0.1) is 30.8 Å². The van der Waals surface area contributed by atoms with Crippen LogP contribution in [0.3, 0.4) is 0 Å². The largest absolute Gasteiger partial charge is 0.493 e. The zero-order valence-electron chi connectivity index (χ0n) is 15.8. The number of aromatic nitrogens is 2. The third kappa shape index (κ3) is 3.90. The van der Waals surface area contributed by atoms with E-state index in [1.165, 1.54) is 0 Å². The summed E-state index contributed by atoms with van der Waals surface area (Å²) >= 11 is 1.62. The first-order valence-corrected chi connectivity index (χ1v) is 9.62. The molecule has 1 aromatic heterocycles. The fourth-order valence-corrected chi connectivity index (χ4v) is 3.82. The smallest absolute Gasteiger partial charge is 0.335 e. The van der Waals surface area contributed by atoms with Crippen LogP contribution in [-0.4, -0.2) is 35.3 Å². The molecule has 0 aliphatic rings. The van der Waals surface area contributed by atoms with Gasteiger partial charge in [-0.3, -0.25) is 0 Å². The molecule has 0 amide bonds. The lowest BCUT2D eigenvalue weighted by Crippen LogP contribution is -1.94. The summed E-state index contributed by atoms with van der Waals surface area (Å²) < 4.78 is 10.6. The van der Waals surface area contributed by atoms with Crippen molar-refractivity contribution in [1.29, 1.82) is 0 Å². The standard InChI is InChI=1S/C22H18N2O4S/c1-27-19-10-8-16(12-20(19)28-2)29-15-6-3-13(4-7-15)21-23-17-9-5-14(22(25)26)11-18(17)24-21/h3-12H,1-2H3,(H,23,24)(H,25,26). The summed E-state index contributed by atoms with van der Waals surface area (Å²) in [6.45, 7) is 0. The van der Waals surface area contributed by atoms with Crippen molar-refractivity contribution in [2.24, 2.45) is 0 Å². The first-order valence-electron chi connectivity index (χ1n) is 8.81. The van der Waals surface area contributed by atoms with Gasteiger partial charge in [-0.1, -0.05) is 23.9 Å². The third-order valence-corrected chi connectivity index (χ3v) is 5.45. The van der Waals surface area contributed by atoms with E-state index in [9.17, 15) is 4.79 Å². The van der Waals surface area contributed by atoms with E-state index in [1.54, 1.807) is 44.2 Å². The molecule has 0 atom stereocenters. The van der Waals surface area contributed by atoms with E-state index >= 15 is 0 Å². The number of carboxylic acid groups (broad SMARTS) is 1. The van der Waals surface area contributed by atoms with Gasteiger partial charge in [-0.05, 0) is 48.5 Å². The van der Waals surface area contributed by atoms with Crippen LogP contribution in [0.15, 0.2) is 70.5 Å². The lowest BCUT2D eigenvalue weighted by Gasteiger charge is -2.09. The van der Waals surface area contributed by atoms with Crippen molar-refractivity contribution in [3.63, 3.8) is 0 Å². The molecule has 0 saturated heterocycles. The quantitative estimate of drug-likeness (QED) is 0.464. The maximum Gasteiger partial charge on any atom is 0.335 e. The van der Waals surface area contributed by atoms with Crippen LogP contribution in [0.5, 0.6) is 11.5 Å². The summed E-state index contributed by atoms with van der Waals surface area (Å²) in [6.07, 6.45) is 0. The van der Waals surface area contributed by atoms with Crippen LogP contribution in [0.1, 0.15) is 10.4 Å². The number of hydrogen-bond donors (Lipinski definition) is 2. The van der Waals surface area contributed by atoms with E-state index in [0.29, 0.717) is 22.8 Å². The summed E-state index contributed by atoms with van der Waals surface area (Å²) in [7, 11) is 3.23. The molecular formula is C22H18N2O4S. The topological polar surface area (TPSA) is 84.4 Å². The predicted molar refractivity (Wildman–Crippen MR) is 112 cm³/mol. The van der Waals surface area contributed by atoms with E-state index in [1.807, 2.05) is 42.5 Å². The molecule has 0 aliphatic carbocycles. The average Bonchev–Trinajstić information content (AvgIpc) is 3.17.